The Morgan fingerprint density at radius 1 is 1.09 bits per heavy atom. The Labute approximate surface area is 187 Å². The molecule has 0 aliphatic rings. The van der Waals surface area contributed by atoms with Crippen molar-refractivity contribution in [1.29, 1.82) is 0 Å². The zero-order valence-corrected chi connectivity index (χ0v) is 17.9. The van der Waals surface area contributed by atoms with Crippen LogP contribution in [0.25, 0.3) is 0 Å². The minimum Gasteiger partial charge on any atom is -0.481 e. The second kappa shape index (κ2) is 12.6. The molecule has 1 aromatic heterocycles. The van der Waals surface area contributed by atoms with E-state index in [0.717, 1.165) is 0 Å². The van der Waals surface area contributed by atoms with E-state index in [1.165, 1.54) is 19.4 Å². The number of aliphatic hydroxyl groups excluding tert-OH is 1. The van der Waals surface area contributed by atoms with Gasteiger partial charge in [0.05, 0.1) is 24.9 Å². The van der Waals surface area contributed by atoms with Gasteiger partial charge in [-0.25, -0.2) is 9.78 Å². The van der Waals surface area contributed by atoms with Crippen LogP contribution in [0.4, 0.5) is 0 Å². The summed E-state index contributed by atoms with van der Waals surface area (Å²) in [4.78, 5) is 65.9. The first-order chi connectivity index (χ1) is 15.0. The topological polar surface area (TPSA) is 237 Å². The summed E-state index contributed by atoms with van der Waals surface area (Å²) in [7, 11) is 0. The number of nitrogens with one attached hydrogen (secondary N) is 4. The van der Waals surface area contributed by atoms with E-state index in [0.29, 0.717) is 5.69 Å². The molecule has 0 aliphatic carbocycles. The molecular formula is C17H26N6O8S. The third kappa shape index (κ3) is 8.52. The number of carboxylic acid groups (broad SMARTS) is 2. The molecule has 0 bridgehead atoms. The first-order valence-corrected chi connectivity index (χ1v) is 9.97. The molecule has 0 aliphatic heterocycles. The van der Waals surface area contributed by atoms with Crippen LogP contribution >= 0.6 is 12.6 Å². The number of carbonyl (C=O) groups excluding carboxylic acids is 3. The summed E-state index contributed by atoms with van der Waals surface area (Å²) in [5.41, 5.74) is 5.98. The molecular weight excluding hydrogens is 448 g/mol. The summed E-state index contributed by atoms with van der Waals surface area (Å²) < 4.78 is 0. The van der Waals surface area contributed by atoms with Gasteiger partial charge in [0, 0.05) is 24.1 Å². The van der Waals surface area contributed by atoms with Crippen molar-refractivity contribution in [3.05, 3.63) is 18.2 Å². The molecule has 5 atom stereocenters. The summed E-state index contributed by atoms with van der Waals surface area (Å²) in [6, 6.07) is -5.61. The highest BCUT2D eigenvalue weighted by molar-refractivity contribution is 7.80. The number of thiol groups is 1. The summed E-state index contributed by atoms with van der Waals surface area (Å²) in [5, 5.41) is 34.1. The SMILES string of the molecule is CC(O)C(NC(=O)C(CS)NC(=O)C(Cc1cnc[nH]1)NC(=O)C(N)CC(=O)O)C(=O)O. The zero-order chi connectivity index (χ0) is 24.4. The van der Waals surface area contributed by atoms with Crippen LogP contribution in [0.2, 0.25) is 0 Å². The van der Waals surface area contributed by atoms with E-state index in [1.54, 1.807) is 0 Å². The summed E-state index contributed by atoms with van der Waals surface area (Å²) in [6.07, 6.45) is 0.572. The van der Waals surface area contributed by atoms with Gasteiger partial charge in [0.2, 0.25) is 17.7 Å². The number of nitrogens with zero attached hydrogens (tertiary/aromatic N) is 1. The quantitative estimate of drug-likeness (QED) is 0.128. The van der Waals surface area contributed by atoms with Crippen molar-refractivity contribution < 1.29 is 39.3 Å². The number of hydrogen-bond acceptors (Lipinski definition) is 9. The molecule has 0 radical (unpaired) electrons. The summed E-state index contributed by atoms with van der Waals surface area (Å²) in [5.74, 6) is -5.68. The van der Waals surface area contributed by atoms with E-state index >= 15 is 0 Å². The molecule has 0 saturated carbocycles. The minimum absolute atomic E-state index is 0.0936. The van der Waals surface area contributed by atoms with Crippen LogP contribution in [-0.2, 0) is 30.4 Å². The highest BCUT2D eigenvalue weighted by Gasteiger charge is 2.31. The zero-order valence-electron chi connectivity index (χ0n) is 17.0. The number of amides is 3. The van der Waals surface area contributed by atoms with Crippen LogP contribution in [0.1, 0.15) is 19.0 Å². The Bertz CT molecular complexity index is 818. The van der Waals surface area contributed by atoms with Crippen LogP contribution in [0.3, 0.4) is 0 Å². The van der Waals surface area contributed by atoms with E-state index in [-0.39, 0.29) is 12.2 Å². The molecule has 1 aromatic rings. The van der Waals surface area contributed by atoms with Crippen molar-refractivity contribution in [3.63, 3.8) is 0 Å². The maximum atomic E-state index is 12.8. The van der Waals surface area contributed by atoms with Gasteiger partial charge < -0.3 is 42.0 Å². The fourth-order valence-electron chi connectivity index (χ4n) is 2.49. The molecule has 9 N–H and O–H groups in total. The monoisotopic (exact) mass is 474 g/mol. The number of hydrogen-bond donors (Lipinski definition) is 9. The molecule has 3 amide bonds. The van der Waals surface area contributed by atoms with Gasteiger partial charge in [-0.3, -0.25) is 19.2 Å². The normalized spacial score (nSPS) is 15.5. The van der Waals surface area contributed by atoms with Gasteiger partial charge in [0.25, 0.3) is 0 Å². The Morgan fingerprint density at radius 3 is 2.16 bits per heavy atom. The van der Waals surface area contributed by atoms with Crippen molar-refractivity contribution in [2.24, 2.45) is 5.73 Å². The average molecular weight is 474 g/mol. The van der Waals surface area contributed by atoms with E-state index < -0.39 is 66.4 Å². The number of carboxylic acids is 2. The number of aliphatic hydroxyl groups is 1. The van der Waals surface area contributed by atoms with E-state index in [4.69, 9.17) is 15.9 Å². The lowest BCUT2D eigenvalue weighted by atomic mass is 10.1. The molecule has 0 saturated heterocycles. The van der Waals surface area contributed by atoms with E-state index in [1.807, 2.05) is 0 Å². The lowest BCUT2D eigenvalue weighted by Crippen LogP contribution is -2.59. The number of aromatic amines is 1. The van der Waals surface area contributed by atoms with Gasteiger partial charge >= 0.3 is 11.9 Å². The van der Waals surface area contributed by atoms with Crippen LogP contribution in [0.15, 0.2) is 12.5 Å². The van der Waals surface area contributed by atoms with Gasteiger partial charge in [0.15, 0.2) is 6.04 Å². The fraction of sp³-hybridized carbons (Fsp3) is 0.529. The highest BCUT2D eigenvalue weighted by Crippen LogP contribution is 2.03. The lowest BCUT2D eigenvalue weighted by Gasteiger charge is -2.24. The number of imidazole rings is 1. The summed E-state index contributed by atoms with van der Waals surface area (Å²) >= 11 is 3.98. The maximum Gasteiger partial charge on any atom is 0.328 e. The van der Waals surface area contributed by atoms with Gasteiger partial charge in [0.1, 0.15) is 12.1 Å². The molecule has 5 unspecified atom stereocenters. The number of rotatable bonds is 13. The fourth-order valence-corrected chi connectivity index (χ4v) is 2.75. The van der Waals surface area contributed by atoms with E-state index in [2.05, 4.69) is 38.5 Å². The molecule has 0 aromatic carbocycles. The largest absolute Gasteiger partial charge is 0.481 e. The van der Waals surface area contributed by atoms with Crippen molar-refractivity contribution >= 4 is 42.3 Å². The standard InChI is InChI=1S/C17H26N6O8S/c1-7(24)13(17(30)31)23-16(29)11(5-32)22-15(28)10(2-8-4-19-6-20-8)21-14(27)9(18)3-12(25)26/h4,6-7,9-11,13,24,32H,2-3,5,18H2,1H3,(H,19,20)(H,21,27)(H,22,28)(H,23,29)(H,25,26)(H,30,31). The number of aliphatic carboxylic acids is 2. The lowest BCUT2D eigenvalue weighted by molar-refractivity contribution is -0.145. The van der Waals surface area contributed by atoms with Gasteiger partial charge in [-0.15, -0.1) is 0 Å². The Morgan fingerprint density at radius 2 is 1.69 bits per heavy atom. The van der Waals surface area contributed by atoms with Crippen molar-refractivity contribution in [2.75, 3.05) is 5.75 Å². The van der Waals surface area contributed by atoms with Crippen molar-refractivity contribution in [1.82, 2.24) is 25.9 Å². The van der Waals surface area contributed by atoms with Crippen LogP contribution in [0, 0.1) is 0 Å². The predicted molar refractivity (Wildman–Crippen MR) is 111 cm³/mol. The summed E-state index contributed by atoms with van der Waals surface area (Å²) in [6.45, 7) is 1.17. The number of carbonyl (C=O) groups is 5. The third-order valence-electron chi connectivity index (χ3n) is 4.20. The predicted octanol–water partition coefficient (Wildman–Crippen LogP) is -3.40. The van der Waals surface area contributed by atoms with Crippen molar-refractivity contribution in [2.45, 2.75) is 50.0 Å². The molecule has 14 nitrogen and oxygen atoms in total. The molecule has 0 spiro atoms. The first kappa shape index (κ1) is 26.9. The number of H-pyrrole nitrogens is 1. The third-order valence-corrected chi connectivity index (χ3v) is 4.57. The first-order valence-electron chi connectivity index (χ1n) is 9.33. The molecule has 1 heterocycles. The van der Waals surface area contributed by atoms with E-state index in [9.17, 15) is 29.1 Å². The minimum atomic E-state index is -1.61. The van der Waals surface area contributed by atoms with Crippen molar-refractivity contribution in [3.8, 4) is 0 Å². The Balaban J connectivity index is 2.94. The maximum absolute atomic E-state index is 12.8. The Kier molecular flexibility index (Phi) is 10.6. The second-order valence-electron chi connectivity index (χ2n) is 6.86. The van der Waals surface area contributed by atoms with Gasteiger partial charge in [-0.1, -0.05) is 0 Å². The van der Waals surface area contributed by atoms with Gasteiger partial charge in [-0.2, -0.15) is 12.6 Å². The molecule has 0 fully saturated rings. The molecule has 1 rings (SSSR count). The average Bonchev–Trinajstić information content (AvgIpc) is 3.21. The van der Waals surface area contributed by atoms with Gasteiger partial charge in [-0.05, 0) is 6.92 Å². The van der Waals surface area contributed by atoms with Crippen LogP contribution < -0.4 is 21.7 Å². The molecule has 178 valence electrons. The smallest absolute Gasteiger partial charge is 0.328 e. The number of nitrogens with two attached hydrogens (primary N) is 1. The van der Waals surface area contributed by atoms with Crippen LogP contribution in [0.5, 0.6) is 0 Å². The molecule has 15 heteroatoms. The van der Waals surface area contributed by atoms with Crippen LogP contribution in [-0.4, -0.2) is 91.0 Å². The number of aromatic nitrogens is 2. The Hall–Kier alpha value is -3.17. The second-order valence-corrected chi connectivity index (χ2v) is 7.22. The highest BCUT2D eigenvalue weighted by atomic mass is 32.1. The molecule has 32 heavy (non-hydrogen) atoms.